The highest BCUT2D eigenvalue weighted by molar-refractivity contribution is 5.50. The smallest absolute Gasteiger partial charge is 0.392 e. The van der Waals surface area contributed by atoms with E-state index in [-0.39, 0.29) is 5.60 Å². The fourth-order valence-electron chi connectivity index (χ4n) is 1.33. The van der Waals surface area contributed by atoms with Crippen LogP contribution in [0.15, 0.2) is 30.3 Å². The van der Waals surface area contributed by atoms with Gasteiger partial charge in [0.15, 0.2) is 0 Å². The average Bonchev–Trinajstić information content (AvgIpc) is 2.16. The molecule has 0 aliphatic carbocycles. The lowest BCUT2D eigenvalue weighted by molar-refractivity contribution is -0.124. The maximum atomic E-state index is 11.9. The highest BCUT2D eigenvalue weighted by atomic mass is 19.4. The van der Waals surface area contributed by atoms with Gasteiger partial charge in [-0.15, -0.1) is 0 Å². The molecular formula is C14H17F3O. The molecule has 0 heterocycles. The minimum absolute atomic E-state index is 0.284. The van der Waals surface area contributed by atoms with Crippen LogP contribution in [0.25, 0.3) is 6.08 Å². The largest absolute Gasteiger partial charge is 0.488 e. The molecule has 0 amide bonds. The van der Waals surface area contributed by atoms with E-state index in [4.69, 9.17) is 4.74 Å². The molecular weight excluding hydrogens is 241 g/mol. The van der Waals surface area contributed by atoms with Crippen LogP contribution in [-0.2, 0) is 0 Å². The Labute approximate surface area is 105 Å². The monoisotopic (exact) mass is 258 g/mol. The zero-order chi connectivity index (χ0) is 13.8. The van der Waals surface area contributed by atoms with Crippen molar-refractivity contribution in [1.82, 2.24) is 0 Å². The predicted octanol–water partition coefficient (Wildman–Crippen LogP) is 4.83. The van der Waals surface area contributed by atoms with Gasteiger partial charge in [-0.3, -0.25) is 0 Å². The first-order valence-electron chi connectivity index (χ1n) is 5.68. The summed E-state index contributed by atoms with van der Waals surface area (Å²) < 4.78 is 41.4. The van der Waals surface area contributed by atoms with Crippen molar-refractivity contribution in [2.45, 2.75) is 39.0 Å². The normalized spacial score (nSPS) is 13.0. The number of rotatable bonds is 3. The predicted molar refractivity (Wildman–Crippen MR) is 66.5 cm³/mol. The number of halogens is 3. The highest BCUT2D eigenvalue weighted by Crippen LogP contribution is 2.22. The molecule has 0 saturated heterocycles. The molecule has 4 heteroatoms. The molecule has 0 spiro atoms. The van der Waals surface area contributed by atoms with Gasteiger partial charge in [0.05, 0.1) is 6.42 Å². The molecule has 0 unspecified atom stereocenters. The number of alkyl halides is 3. The fourth-order valence-corrected chi connectivity index (χ4v) is 1.33. The van der Waals surface area contributed by atoms with Crippen LogP contribution in [-0.4, -0.2) is 11.8 Å². The van der Waals surface area contributed by atoms with Crippen molar-refractivity contribution in [2.24, 2.45) is 0 Å². The minimum Gasteiger partial charge on any atom is -0.488 e. The molecule has 1 aromatic rings. The Morgan fingerprint density at radius 2 is 1.61 bits per heavy atom. The molecule has 1 aromatic carbocycles. The molecule has 0 aliphatic heterocycles. The van der Waals surface area contributed by atoms with Crippen molar-refractivity contribution in [3.05, 3.63) is 35.9 Å². The quantitative estimate of drug-likeness (QED) is 0.754. The van der Waals surface area contributed by atoms with Gasteiger partial charge in [0.2, 0.25) is 0 Å². The SMILES string of the molecule is CC(C)(C)Oc1ccc(C=CCC(F)(F)F)cc1. The summed E-state index contributed by atoms with van der Waals surface area (Å²) >= 11 is 0. The third kappa shape index (κ3) is 6.33. The Bertz CT molecular complexity index is 397. The molecule has 0 saturated carbocycles. The maximum Gasteiger partial charge on any atom is 0.392 e. The second-order valence-electron chi connectivity index (χ2n) is 5.01. The molecule has 0 radical (unpaired) electrons. The minimum atomic E-state index is -4.15. The summed E-state index contributed by atoms with van der Waals surface area (Å²) in [7, 11) is 0. The summed E-state index contributed by atoms with van der Waals surface area (Å²) in [4.78, 5) is 0. The van der Waals surface area contributed by atoms with Gasteiger partial charge in [-0.2, -0.15) is 13.2 Å². The number of hydrogen-bond acceptors (Lipinski definition) is 1. The van der Waals surface area contributed by atoms with Crippen LogP contribution < -0.4 is 4.74 Å². The summed E-state index contributed by atoms with van der Waals surface area (Å²) in [6.07, 6.45) is -2.49. The Morgan fingerprint density at radius 3 is 2.06 bits per heavy atom. The first-order chi connectivity index (χ1) is 8.16. The Balaban J connectivity index is 2.61. The molecule has 0 bridgehead atoms. The second-order valence-corrected chi connectivity index (χ2v) is 5.01. The van der Waals surface area contributed by atoms with E-state index in [9.17, 15) is 13.2 Å². The number of hydrogen-bond donors (Lipinski definition) is 0. The Hall–Kier alpha value is -1.45. The third-order valence-electron chi connectivity index (χ3n) is 1.96. The standard InChI is InChI=1S/C14H17F3O/c1-13(2,3)18-12-8-6-11(7-9-12)5-4-10-14(15,16)17/h4-9H,10H2,1-3H3. The van der Waals surface area contributed by atoms with Crippen molar-refractivity contribution >= 4 is 6.08 Å². The van der Waals surface area contributed by atoms with Crippen LogP contribution in [0.3, 0.4) is 0 Å². The fraction of sp³-hybridized carbons (Fsp3) is 0.429. The van der Waals surface area contributed by atoms with Gasteiger partial charge in [-0.05, 0) is 38.5 Å². The molecule has 0 aliphatic rings. The summed E-state index contributed by atoms with van der Waals surface area (Å²) in [5, 5.41) is 0. The first kappa shape index (κ1) is 14.6. The molecule has 1 rings (SSSR count). The molecule has 1 nitrogen and oxygen atoms in total. The average molecular weight is 258 g/mol. The van der Waals surface area contributed by atoms with Crippen LogP contribution in [0.4, 0.5) is 13.2 Å². The highest BCUT2D eigenvalue weighted by Gasteiger charge is 2.24. The number of allylic oxidation sites excluding steroid dienone is 1. The zero-order valence-electron chi connectivity index (χ0n) is 10.7. The Morgan fingerprint density at radius 1 is 1.06 bits per heavy atom. The lowest BCUT2D eigenvalue weighted by Gasteiger charge is -2.21. The van der Waals surface area contributed by atoms with E-state index in [2.05, 4.69) is 0 Å². The summed E-state index contributed by atoms with van der Waals surface area (Å²) in [5.41, 5.74) is 0.439. The van der Waals surface area contributed by atoms with Gasteiger partial charge in [-0.1, -0.05) is 24.3 Å². The number of benzene rings is 1. The molecule has 0 atom stereocenters. The van der Waals surface area contributed by atoms with Gasteiger partial charge in [-0.25, -0.2) is 0 Å². The topological polar surface area (TPSA) is 9.23 Å². The van der Waals surface area contributed by atoms with E-state index in [1.54, 1.807) is 24.3 Å². The van der Waals surface area contributed by atoms with Crippen molar-refractivity contribution in [3.8, 4) is 5.75 Å². The Kier molecular flexibility index (Phi) is 4.43. The van der Waals surface area contributed by atoms with Crippen molar-refractivity contribution in [1.29, 1.82) is 0 Å². The maximum absolute atomic E-state index is 11.9. The number of ether oxygens (including phenoxy) is 1. The van der Waals surface area contributed by atoms with Gasteiger partial charge in [0, 0.05) is 0 Å². The van der Waals surface area contributed by atoms with Gasteiger partial charge in [0.25, 0.3) is 0 Å². The van der Waals surface area contributed by atoms with Crippen LogP contribution in [0.1, 0.15) is 32.8 Å². The molecule has 0 aromatic heterocycles. The van der Waals surface area contributed by atoms with Gasteiger partial charge < -0.3 is 4.74 Å². The summed E-state index contributed by atoms with van der Waals surface area (Å²) in [5.74, 6) is 0.704. The van der Waals surface area contributed by atoms with Gasteiger partial charge in [0.1, 0.15) is 11.4 Å². The lowest BCUT2D eigenvalue weighted by Crippen LogP contribution is -2.22. The molecule has 0 fully saturated rings. The summed E-state index contributed by atoms with van der Waals surface area (Å²) in [6, 6.07) is 6.96. The lowest BCUT2D eigenvalue weighted by atomic mass is 10.1. The van der Waals surface area contributed by atoms with Crippen LogP contribution >= 0.6 is 0 Å². The van der Waals surface area contributed by atoms with Crippen molar-refractivity contribution in [2.75, 3.05) is 0 Å². The summed E-state index contributed by atoms with van der Waals surface area (Å²) in [6.45, 7) is 5.80. The van der Waals surface area contributed by atoms with Gasteiger partial charge >= 0.3 is 6.18 Å². The van der Waals surface area contributed by atoms with E-state index in [1.165, 1.54) is 6.08 Å². The first-order valence-corrected chi connectivity index (χ1v) is 5.68. The van der Waals surface area contributed by atoms with Crippen molar-refractivity contribution < 1.29 is 17.9 Å². The molecule has 0 N–H and O–H groups in total. The van der Waals surface area contributed by atoms with Crippen LogP contribution in [0.2, 0.25) is 0 Å². The van der Waals surface area contributed by atoms with E-state index in [1.807, 2.05) is 20.8 Å². The van der Waals surface area contributed by atoms with E-state index in [0.717, 1.165) is 11.6 Å². The van der Waals surface area contributed by atoms with E-state index < -0.39 is 12.6 Å². The van der Waals surface area contributed by atoms with E-state index in [0.29, 0.717) is 5.75 Å². The third-order valence-corrected chi connectivity index (χ3v) is 1.96. The van der Waals surface area contributed by atoms with Crippen LogP contribution in [0.5, 0.6) is 5.75 Å². The second kappa shape index (κ2) is 5.46. The zero-order valence-corrected chi connectivity index (χ0v) is 10.7. The van der Waals surface area contributed by atoms with Crippen molar-refractivity contribution in [3.63, 3.8) is 0 Å². The van der Waals surface area contributed by atoms with Crippen LogP contribution in [0, 0.1) is 0 Å². The molecule has 100 valence electrons. The molecule has 18 heavy (non-hydrogen) atoms. The van der Waals surface area contributed by atoms with E-state index >= 15 is 0 Å².